The lowest BCUT2D eigenvalue weighted by atomic mass is 10.2. The monoisotopic (exact) mass is 329 g/mol. The van der Waals surface area contributed by atoms with Crippen molar-refractivity contribution in [2.75, 3.05) is 26.1 Å². The Morgan fingerprint density at radius 3 is 2.33 bits per heavy atom. The number of aryl methyl sites for hydroxylation is 1. The van der Waals surface area contributed by atoms with Gasteiger partial charge in [0.05, 0.1) is 19.8 Å². The summed E-state index contributed by atoms with van der Waals surface area (Å²) in [6, 6.07) is 11.9. The van der Waals surface area contributed by atoms with E-state index in [9.17, 15) is 9.59 Å². The van der Waals surface area contributed by atoms with Crippen LogP contribution in [0.25, 0.3) is 0 Å². The highest BCUT2D eigenvalue weighted by molar-refractivity contribution is 5.93. The fraction of sp³-hybridized carbons (Fsp3) is 0.222. The van der Waals surface area contributed by atoms with Gasteiger partial charge in [-0.05, 0) is 48.9 Å². The van der Waals surface area contributed by atoms with Gasteiger partial charge in [-0.25, -0.2) is 4.79 Å². The molecule has 0 aliphatic carbocycles. The number of ether oxygens (including phenoxy) is 3. The Morgan fingerprint density at radius 1 is 1.00 bits per heavy atom. The first-order chi connectivity index (χ1) is 11.5. The number of hydrogen-bond acceptors (Lipinski definition) is 5. The predicted molar refractivity (Wildman–Crippen MR) is 89.6 cm³/mol. The van der Waals surface area contributed by atoms with Gasteiger partial charge in [0.15, 0.2) is 18.1 Å². The van der Waals surface area contributed by atoms with E-state index in [1.807, 2.05) is 19.1 Å². The van der Waals surface area contributed by atoms with Crippen molar-refractivity contribution in [1.82, 2.24) is 0 Å². The minimum absolute atomic E-state index is 0.155. The molecular weight excluding hydrogens is 310 g/mol. The van der Waals surface area contributed by atoms with Crippen LogP contribution in [0.2, 0.25) is 0 Å². The molecule has 0 heterocycles. The van der Waals surface area contributed by atoms with Gasteiger partial charge in [-0.1, -0.05) is 6.07 Å². The Bertz CT molecular complexity index is 725. The highest BCUT2D eigenvalue weighted by Crippen LogP contribution is 2.27. The second-order valence-corrected chi connectivity index (χ2v) is 5.06. The van der Waals surface area contributed by atoms with Gasteiger partial charge in [-0.15, -0.1) is 0 Å². The van der Waals surface area contributed by atoms with E-state index in [0.717, 1.165) is 5.56 Å². The first-order valence-electron chi connectivity index (χ1n) is 7.29. The summed E-state index contributed by atoms with van der Waals surface area (Å²) in [5.41, 5.74) is 2.01. The minimum atomic E-state index is -0.428. The van der Waals surface area contributed by atoms with E-state index in [1.54, 1.807) is 37.4 Å². The molecule has 0 atom stereocenters. The van der Waals surface area contributed by atoms with Crippen molar-refractivity contribution >= 4 is 17.6 Å². The highest BCUT2D eigenvalue weighted by atomic mass is 16.5. The summed E-state index contributed by atoms with van der Waals surface area (Å²) < 4.78 is 15.3. The van der Waals surface area contributed by atoms with E-state index in [0.29, 0.717) is 22.7 Å². The Morgan fingerprint density at radius 2 is 1.71 bits per heavy atom. The van der Waals surface area contributed by atoms with Crippen LogP contribution in [0.4, 0.5) is 5.69 Å². The summed E-state index contributed by atoms with van der Waals surface area (Å²) in [7, 11) is 2.86. The number of hydrogen-bond donors (Lipinski definition) is 1. The zero-order valence-corrected chi connectivity index (χ0v) is 13.8. The summed E-state index contributed by atoms with van der Waals surface area (Å²) in [4.78, 5) is 23.3. The van der Waals surface area contributed by atoms with Gasteiger partial charge in [0.2, 0.25) is 0 Å². The molecule has 0 saturated carbocycles. The van der Waals surface area contributed by atoms with Crippen LogP contribution in [0.15, 0.2) is 42.5 Å². The van der Waals surface area contributed by atoms with Gasteiger partial charge in [-0.3, -0.25) is 4.79 Å². The van der Waals surface area contributed by atoms with Crippen LogP contribution >= 0.6 is 0 Å². The maximum Gasteiger partial charge on any atom is 0.337 e. The van der Waals surface area contributed by atoms with E-state index in [4.69, 9.17) is 9.47 Å². The third kappa shape index (κ3) is 4.49. The first kappa shape index (κ1) is 17.3. The molecule has 0 unspecified atom stereocenters. The van der Waals surface area contributed by atoms with Gasteiger partial charge in [-0.2, -0.15) is 0 Å². The van der Waals surface area contributed by atoms with Gasteiger partial charge < -0.3 is 19.5 Å². The summed E-state index contributed by atoms with van der Waals surface area (Å²) in [6.45, 7) is 1.79. The number of methoxy groups -OCH3 is 2. The van der Waals surface area contributed by atoms with Crippen molar-refractivity contribution in [2.45, 2.75) is 6.92 Å². The summed E-state index contributed by atoms with van der Waals surface area (Å²) in [5, 5.41) is 2.69. The van der Waals surface area contributed by atoms with Crippen LogP contribution in [0.3, 0.4) is 0 Å². The molecule has 2 rings (SSSR count). The number of carbonyl (C=O) groups is 2. The van der Waals surface area contributed by atoms with Crippen LogP contribution in [-0.2, 0) is 9.53 Å². The van der Waals surface area contributed by atoms with Crippen LogP contribution < -0.4 is 14.8 Å². The number of benzene rings is 2. The molecule has 6 nitrogen and oxygen atoms in total. The third-order valence-electron chi connectivity index (χ3n) is 3.27. The number of esters is 1. The van der Waals surface area contributed by atoms with Crippen molar-refractivity contribution < 1.29 is 23.8 Å². The van der Waals surface area contributed by atoms with Crippen LogP contribution in [-0.4, -0.2) is 32.7 Å². The molecule has 24 heavy (non-hydrogen) atoms. The summed E-state index contributed by atoms with van der Waals surface area (Å²) in [6.07, 6.45) is 0. The fourth-order valence-corrected chi connectivity index (χ4v) is 2.04. The summed E-state index contributed by atoms with van der Waals surface area (Å²) >= 11 is 0. The molecule has 0 spiro atoms. The molecule has 0 aliphatic heterocycles. The molecule has 1 N–H and O–H groups in total. The van der Waals surface area contributed by atoms with Gasteiger partial charge >= 0.3 is 5.97 Å². The smallest absolute Gasteiger partial charge is 0.337 e. The lowest BCUT2D eigenvalue weighted by molar-refractivity contribution is -0.118. The third-order valence-corrected chi connectivity index (χ3v) is 3.27. The maximum atomic E-state index is 12.0. The van der Waals surface area contributed by atoms with E-state index < -0.39 is 5.97 Å². The van der Waals surface area contributed by atoms with Crippen molar-refractivity contribution in [1.29, 1.82) is 0 Å². The maximum absolute atomic E-state index is 12.0. The lowest BCUT2D eigenvalue weighted by Crippen LogP contribution is -2.20. The zero-order chi connectivity index (χ0) is 17.5. The average Bonchev–Trinajstić information content (AvgIpc) is 2.60. The second kappa shape index (κ2) is 8.01. The molecular formula is C18H19NO5. The van der Waals surface area contributed by atoms with Crippen LogP contribution in [0.5, 0.6) is 11.5 Å². The molecule has 126 valence electrons. The molecule has 6 heteroatoms. The standard InChI is InChI=1S/C18H19NO5/c1-12-4-9-15(16(10-12)22-2)24-11-17(20)19-14-7-5-13(6-8-14)18(21)23-3/h4-10H,11H2,1-3H3,(H,19,20). The molecule has 0 aliphatic rings. The highest BCUT2D eigenvalue weighted by Gasteiger charge is 2.09. The molecule has 2 aromatic carbocycles. The minimum Gasteiger partial charge on any atom is -0.493 e. The van der Waals surface area contributed by atoms with Crippen molar-refractivity contribution in [3.05, 3.63) is 53.6 Å². The predicted octanol–water partition coefficient (Wildman–Crippen LogP) is 2.81. The topological polar surface area (TPSA) is 73.9 Å². The molecule has 1 amide bonds. The quantitative estimate of drug-likeness (QED) is 0.825. The van der Waals surface area contributed by atoms with E-state index in [-0.39, 0.29) is 12.5 Å². The van der Waals surface area contributed by atoms with Crippen LogP contribution in [0, 0.1) is 6.92 Å². The second-order valence-electron chi connectivity index (χ2n) is 5.06. The lowest BCUT2D eigenvalue weighted by Gasteiger charge is -2.11. The number of anilines is 1. The number of carbonyl (C=O) groups excluding carboxylic acids is 2. The Hall–Kier alpha value is -3.02. The Labute approximate surface area is 140 Å². The molecule has 0 saturated heterocycles. The number of nitrogens with one attached hydrogen (secondary N) is 1. The molecule has 2 aromatic rings. The normalized spacial score (nSPS) is 9.96. The van der Waals surface area contributed by atoms with Crippen LogP contribution in [0.1, 0.15) is 15.9 Å². The number of rotatable bonds is 6. The first-order valence-corrected chi connectivity index (χ1v) is 7.29. The average molecular weight is 329 g/mol. The van der Waals surface area contributed by atoms with Gasteiger partial charge in [0.1, 0.15) is 0 Å². The zero-order valence-electron chi connectivity index (χ0n) is 13.8. The fourth-order valence-electron chi connectivity index (χ4n) is 2.04. The molecule has 0 radical (unpaired) electrons. The van der Waals surface area contributed by atoms with Crippen molar-refractivity contribution in [3.8, 4) is 11.5 Å². The molecule has 0 aromatic heterocycles. The summed E-state index contributed by atoms with van der Waals surface area (Å²) in [5.74, 6) is 0.329. The number of amides is 1. The molecule has 0 fully saturated rings. The van der Waals surface area contributed by atoms with Gasteiger partial charge in [0, 0.05) is 5.69 Å². The SMILES string of the molecule is COC(=O)c1ccc(NC(=O)COc2ccc(C)cc2OC)cc1. The van der Waals surface area contributed by atoms with Gasteiger partial charge in [0.25, 0.3) is 5.91 Å². The largest absolute Gasteiger partial charge is 0.493 e. The van der Waals surface area contributed by atoms with Crippen molar-refractivity contribution in [3.63, 3.8) is 0 Å². The van der Waals surface area contributed by atoms with E-state index >= 15 is 0 Å². The van der Waals surface area contributed by atoms with Crippen molar-refractivity contribution in [2.24, 2.45) is 0 Å². The Kier molecular flexibility index (Phi) is 5.78. The van der Waals surface area contributed by atoms with E-state index in [1.165, 1.54) is 7.11 Å². The Balaban J connectivity index is 1.93. The van der Waals surface area contributed by atoms with E-state index in [2.05, 4.69) is 10.1 Å². The molecule has 0 bridgehead atoms.